The zero-order chi connectivity index (χ0) is 21.2. The molecule has 2 aromatic heterocycles. The first kappa shape index (κ1) is 21.6. The molecule has 13 heteroatoms. The molecule has 0 aliphatic rings. The first-order valence-corrected chi connectivity index (χ1v) is 8.68. The molecule has 154 valence electrons. The third-order valence-corrected chi connectivity index (χ3v) is 5.25. The van der Waals surface area contributed by atoms with Crippen molar-refractivity contribution in [2.45, 2.75) is 32.6 Å². The van der Waals surface area contributed by atoms with Gasteiger partial charge in [-0.25, -0.2) is 19.6 Å². The highest BCUT2D eigenvalue weighted by molar-refractivity contribution is 7.20. The fourth-order valence-corrected chi connectivity index (χ4v) is 3.71. The molecule has 0 saturated carbocycles. The maximum absolute atomic E-state index is 13.2. The van der Waals surface area contributed by atoms with Gasteiger partial charge >= 0.3 is 18.0 Å². The smallest absolute Gasteiger partial charge is 0.425 e. The Kier molecular flexibility index (Phi) is 6.29. The largest absolute Gasteiger partial charge is 0.464 e. The molecular formula is C15H17F3N4O5S. The number of aryl methyl sites for hydroxylation is 1. The zero-order valence-electron chi connectivity index (χ0n) is 15.0. The van der Waals surface area contributed by atoms with Gasteiger partial charge in [-0.1, -0.05) is 0 Å². The van der Waals surface area contributed by atoms with Gasteiger partial charge in [-0.05, 0) is 19.4 Å². The normalized spacial score (nSPS) is 13.4. The van der Waals surface area contributed by atoms with E-state index in [9.17, 15) is 27.6 Å². The van der Waals surface area contributed by atoms with Crippen molar-refractivity contribution in [2.75, 3.05) is 13.7 Å². The first-order valence-electron chi connectivity index (χ1n) is 7.86. The van der Waals surface area contributed by atoms with Crippen molar-refractivity contribution >= 4 is 33.9 Å². The number of rotatable bonds is 6. The predicted molar refractivity (Wildman–Crippen MR) is 96.5 cm³/mol. The van der Waals surface area contributed by atoms with Gasteiger partial charge < -0.3 is 9.84 Å². The van der Waals surface area contributed by atoms with Crippen LogP contribution in [0, 0.1) is 6.92 Å². The second-order valence-electron chi connectivity index (χ2n) is 5.77. The molecule has 1 atom stereocenters. The van der Waals surface area contributed by atoms with Crippen LogP contribution in [-0.4, -0.2) is 46.4 Å². The summed E-state index contributed by atoms with van der Waals surface area (Å²) in [6.07, 6.45) is -5.08. The van der Waals surface area contributed by atoms with Crippen molar-refractivity contribution < 1.29 is 27.8 Å². The van der Waals surface area contributed by atoms with E-state index in [-0.39, 0.29) is 33.5 Å². The Morgan fingerprint density at radius 1 is 1.43 bits per heavy atom. The van der Waals surface area contributed by atoms with Crippen LogP contribution in [0.15, 0.2) is 14.7 Å². The minimum absolute atomic E-state index is 0.0363. The van der Waals surface area contributed by atoms with Crippen LogP contribution >= 0.6 is 11.3 Å². The SMILES string of the molecule is COCCn1c(=O)n(C(C)C(F)(F)F)c(=O)c2c(C)c(/C=N\NC(=O)O)sc21. The van der Waals surface area contributed by atoms with E-state index in [2.05, 4.69) is 5.10 Å². The van der Waals surface area contributed by atoms with Crippen LogP contribution in [0.1, 0.15) is 23.4 Å². The molecule has 0 bridgehead atoms. The molecule has 0 aromatic carbocycles. The molecule has 1 amide bonds. The third-order valence-electron chi connectivity index (χ3n) is 4.00. The standard InChI is InChI=1S/C15H17F3N4O5S/c1-7-9(6-19-20-13(24)25)28-12-10(7)11(23)22(8(2)15(16,17)18)14(26)21(12)4-5-27-3/h6,8,20H,4-5H2,1-3H3,(H,24,25)/b19-6-. The van der Waals surface area contributed by atoms with Gasteiger partial charge in [0.25, 0.3) is 5.56 Å². The summed E-state index contributed by atoms with van der Waals surface area (Å²) in [4.78, 5) is 36.4. The Hall–Kier alpha value is -2.67. The fraction of sp³-hybridized carbons (Fsp3) is 0.467. The predicted octanol–water partition coefficient (Wildman–Crippen LogP) is 1.90. The molecule has 2 aromatic rings. The Morgan fingerprint density at radius 2 is 2.07 bits per heavy atom. The number of fused-ring (bicyclic) bond motifs is 1. The second kappa shape index (κ2) is 8.14. The number of alkyl halides is 3. The molecule has 28 heavy (non-hydrogen) atoms. The van der Waals surface area contributed by atoms with Crippen LogP contribution in [0.2, 0.25) is 0 Å². The van der Waals surface area contributed by atoms with Crippen LogP contribution in [0.5, 0.6) is 0 Å². The summed E-state index contributed by atoms with van der Waals surface area (Å²) in [5.74, 6) is 0. The van der Waals surface area contributed by atoms with Gasteiger partial charge in [-0.15, -0.1) is 11.3 Å². The molecule has 0 aliphatic heterocycles. The van der Waals surface area contributed by atoms with Crippen molar-refractivity contribution in [3.8, 4) is 0 Å². The van der Waals surface area contributed by atoms with E-state index in [1.54, 1.807) is 5.43 Å². The van der Waals surface area contributed by atoms with Gasteiger partial charge in [-0.3, -0.25) is 9.36 Å². The van der Waals surface area contributed by atoms with Gasteiger partial charge in [-0.2, -0.15) is 18.3 Å². The Balaban J connectivity index is 2.82. The molecule has 0 radical (unpaired) electrons. The highest BCUT2D eigenvalue weighted by Gasteiger charge is 2.40. The average Bonchev–Trinajstić information content (AvgIpc) is 2.90. The number of nitrogens with one attached hydrogen (secondary N) is 1. The Labute approximate surface area is 159 Å². The molecule has 0 spiro atoms. The topological polar surface area (TPSA) is 115 Å². The minimum Gasteiger partial charge on any atom is -0.464 e. The Bertz CT molecular complexity index is 1040. The number of carbonyl (C=O) groups is 1. The van der Waals surface area contributed by atoms with Gasteiger partial charge in [0.1, 0.15) is 10.9 Å². The summed E-state index contributed by atoms with van der Waals surface area (Å²) in [5.41, 5.74) is -0.126. The van der Waals surface area contributed by atoms with Crippen molar-refractivity contribution in [3.63, 3.8) is 0 Å². The number of methoxy groups -OCH3 is 1. The molecule has 0 saturated heterocycles. The number of thiophene rings is 1. The molecule has 9 nitrogen and oxygen atoms in total. The first-order chi connectivity index (χ1) is 13.0. The number of hydrogen-bond acceptors (Lipinski definition) is 6. The van der Waals surface area contributed by atoms with E-state index in [1.165, 1.54) is 14.0 Å². The summed E-state index contributed by atoms with van der Waals surface area (Å²) in [7, 11) is 1.37. The third kappa shape index (κ3) is 4.09. The van der Waals surface area contributed by atoms with Crippen molar-refractivity contribution in [3.05, 3.63) is 31.3 Å². The van der Waals surface area contributed by atoms with Gasteiger partial charge in [0.15, 0.2) is 0 Å². The van der Waals surface area contributed by atoms with E-state index in [1.807, 2.05) is 0 Å². The van der Waals surface area contributed by atoms with E-state index in [0.29, 0.717) is 4.88 Å². The summed E-state index contributed by atoms with van der Waals surface area (Å²) in [6.45, 7) is 2.18. The van der Waals surface area contributed by atoms with Crippen molar-refractivity contribution in [1.82, 2.24) is 14.6 Å². The number of amides is 1. The number of hydrogen-bond donors (Lipinski definition) is 2. The van der Waals surface area contributed by atoms with Crippen molar-refractivity contribution in [2.24, 2.45) is 5.10 Å². The number of nitrogens with zero attached hydrogens (tertiary/aromatic N) is 3. The van der Waals surface area contributed by atoms with E-state index >= 15 is 0 Å². The average molecular weight is 422 g/mol. The molecule has 2 rings (SSSR count). The van der Waals surface area contributed by atoms with Crippen LogP contribution in [0.4, 0.5) is 18.0 Å². The number of ether oxygens (including phenoxy) is 1. The minimum atomic E-state index is -4.80. The molecule has 2 N–H and O–H groups in total. The number of halogens is 3. The monoisotopic (exact) mass is 422 g/mol. The fourth-order valence-electron chi connectivity index (χ4n) is 2.52. The molecule has 0 aliphatic carbocycles. The quantitative estimate of drug-likeness (QED) is 0.545. The van der Waals surface area contributed by atoms with Gasteiger partial charge in [0.2, 0.25) is 0 Å². The maximum Gasteiger partial charge on any atom is 0.425 e. The summed E-state index contributed by atoms with van der Waals surface area (Å²) >= 11 is 0.939. The van der Waals surface area contributed by atoms with Gasteiger partial charge in [0, 0.05) is 7.11 Å². The number of aromatic nitrogens is 2. The summed E-state index contributed by atoms with van der Waals surface area (Å²) in [5, 5.41) is 12.0. The van der Waals surface area contributed by atoms with Crippen LogP contribution in [0.3, 0.4) is 0 Å². The highest BCUT2D eigenvalue weighted by Crippen LogP contribution is 2.30. The summed E-state index contributed by atoms with van der Waals surface area (Å²) < 4.78 is 45.8. The van der Waals surface area contributed by atoms with E-state index < -0.39 is 29.6 Å². The summed E-state index contributed by atoms with van der Waals surface area (Å²) in [6, 6.07) is -2.32. The zero-order valence-corrected chi connectivity index (χ0v) is 15.8. The molecular weight excluding hydrogens is 405 g/mol. The number of hydrazone groups is 1. The molecule has 1 unspecified atom stereocenters. The molecule has 2 heterocycles. The van der Waals surface area contributed by atoms with Crippen molar-refractivity contribution in [1.29, 1.82) is 0 Å². The van der Waals surface area contributed by atoms with Gasteiger partial charge in [0.05, 0.1) is 29.6 Å². The maximum atomic E-state index is 13.2. The Morgan fingerprint density at radius 3 is 2.61 bits per heavy atom. The van der Waals surface area contributed by atoms with Crippen LogP contribution in [-0.2, 0) is 11.3 Å². The van der Waals surface area contributed by atoms with Crippen LogP contribution in [0.25, 0.3) is 10.2 Å². The van der Waals surface area contributed by atoms with Crippen LogP contribution < -0.4 is 16.7 Å². The lowest BCUT2D eigenvalue weighted by atomic mass is 10.2. The van der Waals surface area contributed by atoms with E-state index in [4.69, 9.17) is 9.84 Å². The highest BCUT2D eigenvalue weighted by atomic mass is 32.1. The lowest BCUT2D eigenvalue weighted by Crippen LogP contribution is -2.45. The number of carboxylic acid groups (broad SMARTS) is 1. The lowest BCUT2D eigenvalue weighted by Gasteiger charge is -2.19. The second-order valence-corrected chi connectivity index (χ2v) is 6.80. The lowest BCUT2D eigenvalue weighted by molar-refractivity contribution is -0.164. The molecule has 0 fully saturated rings. The van der Waals surface area contributed by atoms with E-state index in [0.717, 1.165) is 29.0 Å².